The summed E-state index contributed by atoms with van der Waals surface area (Å²) in [5, 5.41) is 11.8. The fourth-order valence-corrected chi connectivity index (χ4v) is 5.03. The van der Waals surface area contributed by atoms with Crippen molar-refractivity contribution >= 4 is 28.5 Å². The molecule has 1 saturated heterocycles. The van der Waals surface area contributed by atoms with Gasteiger partial charge in [0, 0.05) is 59.8 Å². The molecule has 0 saturated carbocycles. The van der Waals surface area contributed by atoms with Crippen LogP contribution < -0.4 is 10.6 Å². The molecular weight excluding hydrogens is 428 g/mol. The van der Waals surface area contributed by atoms with Crippen molar-refractivity contribution in [1.82, 2.24) is 25.0 Å². The minimum atomic E-state index is -0.491. The van der Waals surface area contributed by atoms with Gasteiger partial charge < -0.3 is 15.5 Å². The number of benzene rings is 1. The molecule has 2 N–H and O–H groups in total. The molecule has 5 rings (SSSR count). The van der Waals surface area contributed by atoms with Crippen LogP contribution in [0.1, 0.15) is 46.2 Å². The molecule has 4 heterocycles. The monoisotopic (exact) mass is 460 g/mol. The number of pyridine rings is 1. The summed E-state index contributed by atoms with van der Waals surface area (Å²) in [7, 11) is 0. The number of fused-ring (bicyclic) bond motifs is 3. The van der Waals surface area contributed by atoms with Crippen LogP contribution in [0.15, 0.2) is 36.5 Å². The molecule has 0 aliphatic carbocycles. The summed E-state index contributed by atoms with van der Waals surface area (Å²) in [5.74, 6) is -0.0359. The largest absolute Gasteiger partial charge is 0.338 e. The van der Waals surface area contributed by atoms with Gasteiger partial charge in [-0.15, -0.1) is 0 Å². The number of rotatable bonds is 3. The first-order chi connectivity index (χ1) is 16.2. The van der Waals surface area contributed by atoms with Crippen LogP contribution in [-0.4, -0.2) is 51.2 Å². The van der Waals surface area contributed by atoms with Crippen molar-refractivity contribution in [2.45, 2.75) is 52.5 Å². The van der Waals surface area contributed by atoms with Gasteiger partial charge in [-0.25, -0.2) is 4.79 Å². The summed E-state index contributed by atoms with van der Waals surface area (Å²) < 4.78 is 2.09. The van der Waals surface area contributed by atoms with Crippen LogP contribution in [0.3, 0.4) is 0 Å². The molecule has 1 spiro atoms. The van der Waals surface area contributed by atoms with Gasteiger partial charge in [0.1, 0.15) is 0 Å². The van der Waals surface area contributed by atoms with Crippen molar-refractivity contribution < 1.29 is 9.59 Å². The van der Waals surface area contributed by atoms with Crippen molar-refractivity contribution in [1.29, 1.82) is 0 Å². The molecule has 2 aromatic heterocycles. The Hall–Kier alpha value is -3.42. The van der Waals surface area contributed by atoms with E-state index in [-0.39, 0.29) is 17.4 Å². The molecule has 3 aromatic rings. The highest BCUT2D eigenvalue weighted by atomic mass is 16.2. The number of hydrogen-bond acceptors (Lipinski definition) is 4. The number of hydrogen-bond donors (Lipinski definition) is 2. The third kappa shape index (κ3) is 3.81. The molecule has 1 atom stereocenters. The van der Waals surface area contributed by atoms with Gasteiger partial charge in [-0.1, -0.05) is 26.8 Å². The molecule has 0 bridgehead atoms. The first kappa shape index (κ1) is 22.4. The number of urea groups is 1. The van der Waals surface area contributed by atoms with Gasteiger partial charge in [-0.2, -0.15) is 5.10 Å². The fraction of sp³-hybridized carbons (Fsp3) is 0.462. The quantitative estimate of drug-likeness (QED) is 0.614. The topological polar surface area (TPSA) is 92.2 Å². The lowest BCUT2D eigenvalue weighted by atomic mass is 9.82. The Morgan fingerprint density at radius 2 is 1.94 bits per heavy atom. The minimum absolute atomic E-state index is 0.0149. The molecule has 2 aliphatic heterocycles. The molecule has 1 aromatic carbocycles. The molecule has 34 heavy (non-hydrogen) atoms. The molecule has 0 radical (unpaired) electrons. The third-order valence-electron chi connectivity index (χ3n) is 7.05. The number of aromatic nitrogens is 3. The second-order valence-corrected chi connectivity index (χ2v) is 10.5. The van der Waals surface area contributed by atoms with E-state index in [2.05, 4.69) is 32.4 Å². The zero-order chi connectivity index (χ0) is 24.1. The Balaban J connectivity index is 1.46. The zero-order valence-electron chi connectivity index (χ0n) is 20.3. The van der Waals surface area contributed by atoms with Crippen LogP contribution in [0.4, 0.5) is 10.5 Å². The van der Waals surface area contributed by atoms with Crippen LogP contribution in [0.2, 0.25) is 0 Å². The Morgan fingerprint density at radius 1 is 1.15 bits per heavy atom. The second-order valence-electron chi connectivity index (χ2n) is 10.5. The SMILES string of the molecule is CCNC(=O)N1CCC2(CCn3nc(-c4cnc5cccc(NC(=O)C(C)(C)C)c5c4)cc32)C1. The standard InChI is InChI=1S/C26H32N6O2/c1-5-27-24(34)31-11-9-26(16-31)10-12-32-22(26)14-21(30-32)17-13-18-19(28-15-17)7-6-8-20(18)29-23(33)25(2,3)4/h6-8,13-15H,5,9-12,16H2,1-4H3,(H,27,34)(H,29,33). The lowest BCUT2D eigenvalue weighted by Crippen LogP contribution is -2.40. The zero-order valence-corrected chi connectivity index (χ0v) is 20.3. The van der Waals surface area contributed by atoms with E-state index in [1.807, 2.05) is 57.0 Å². The summed E-state index contributed by atoms with van der Waals surface area (Å²) in [4.78, 5) is 31.6. The number of nitrogens with one attached hydrogen (secondary N) is 2. The minimum Gasteiger partial charge on any atom is -0.338 e. The molecular formula is C26H32N6O2. The molecule has 2 aliphatic rings. The van der Waals surface area contributed by atoms with E-state index in [0.29, 0.717) is 6.54 Å². The van der Waals surface area contributed by atoms with Crippen molar-refractivity contribution in [3.63, 3.8) is 0 Å². The van der Waals surface area contributed by atoms with E-state index < -0.39 is 5.41 Å². The molecule has 1 fully saturated rings. The van der Waals surface area contributed by atoms with Gasteiger partial charge in [0.15, 0.2) is 0 Å². The average molecular weight is 461 g/mol. The Bertz CT molecular complexity index is 1270. The van der Waals surface area contributed by atoms with Crippen molar-refractivity contribution in [2.24, 2.45) is 5.41 Å². The van der Waals surface area contributed by atoms with Crippen molar-refractivity contribution in [3.8, 4) is 11.3 Å². The number of carbonyl (C=O) groups excluding carboxylic acids is 2. The molecule has 3 amide bonds. The Morgan fingerprint density at radius 3 is 2.71 bits per heavy atom. The first-order valence-corrected chi connectivity index (χ1v) is 12.0. The predicted octanol–water partition coefficient (Wildman–Crippen LogP) is 4.16. The molecule has 1 unspecified atom stereocenters. The first-order valence-electron chi connectivity index (χ1n) is 12.0. The average Bonchev–Trinajstić information content (AvgIpc) is 3.50. The van der Waals surface area contributed by atoms with E-state index >= 15 is 0 Å². The van der Waals surface area contributed by atoms with E-state index in [0.717, 1.165) is 60.3 Å². The van der Waals surface area contributed by atoms with Gasteiger partial charge >= 0.3 is 6.03 Å². The molecule has 178 valence electrons. The summed E-state index contributed by atoms with van der Waals surface area (Å²) >= 11 is 0. The van der Waals surface area contributed by atoms with Crippen LogP contribution in [0, 0.1) is 5.41 Å². The third-order valence-corrected chi connectivity index (χ3v) is 7.05. The van der Waals surface area contributed by atoms with E-state index in [4.69, 9.17) is 5.10 Å². The molecule has 8 heteroatoms. The normalized spacial score (nSPS) is 19.6. The van der Waals surface area contributed by atoms with E-state index in [1.54, 1.807) is 0 Å². The lowest BCUT2D eigenvalue weighted by molar-refractivity contribution is -0.123. The van der Waals surface area contributed by atoms with Crippen molar-refractivity contribution in [2.75, 3.05) is 25.0 Å². The second kappa shape index (κ2) is 8.11. The number of nitrogens with zero attached hydrogens (tertiary/aromatic N) is 4. The number of anilines is 1. The summed E-state index contributed by atoms with van der Waals surface area (Å²) in [5.41, 5.74) is 4.04. The van der Waals surface area contributed by atoms with Crippen LogP contribution in [0.25, 0.3) is 22.2 Å². The highest BCUT2D eigenvalue weighted by Crippen LogP contribution is 2.44. The van der Waals surface area contributed by atoms with Gasteiger partial charge in [0.25, 0.3) is 0 Å². The number of aryl methyl sites for hydroxylation is 1. The number of likely N-dealkylation sites (tertiary alicyclic amines) is 1. The van der Waals surface area contributed by atoms with Crippen LogP contribution in [-0.2, 0) is 16.8 Å². The fourth-order valence-electron chi connectivity index (χ4n) is 5.03. The van der Waals surface area contributed by atoms with Crippen LogP contribution >= 0.6 is 0 Å². The summed E-state index contributed by atoms with van der Waals surface area (Å²) in [6.07, 6.45) is 3.80. The summed E-state index contributed by atoms with van der Waals surface area (Å²) in [6, 6.07) is 9.99. The van der Waals surface area contributed by atoms with E-state index in [9.17, 15) is 9.59 Å². The lowest BCUT2D eigenvalue weighted by Gasteiger charge is -2.23. The van der Waals surface area contributed by atoms with Gasteiger partial charge in [0.05, 0.1) is 16.9 Å². The Kier molecular flexibility index (Phi) is 5.34. The van der Waals surface area contributed by atoms with Gasteiger partial charge in [0.2, 0.25) is 5.91 Å². The maximum atomic E-state index is 12.6. The Labute approximate surface area is 199 Å². The highest BCUT2D eigenvalue weighted by Gasteiger charge is 2.46. The highest BCUT2D eigenvalue weighted by molar-refractivity contribution is 6.03. The smallest absolute Gasteiger partial charge is 0.317 e. The molecule has 8 nitrogen and oxygen atoms in total. The van der Waals surface area contributed by atoms with Crippen LogP contribution in [0.5, 0.6) is 0 Å². The summed E-state index contributed by atoms with van der Waals surface area (Å²) in [6.45, 7) is 10.6. The van der Waals surface area contributed by atoms with Gasteiger partial charge in [-0.05, 0) is 44.0 Å². The van der Waals surface area contributed by atoms with Crippen molar-refractivity contribution in [3.05, 3.63) is 42.2 Å². The number of carbonyl (C=O) groups is 2. The van der Waals surface area contributed by atoms with E-state index in [1.165, 1.54) is 5.69 Å². The maximum absolute atomic E-state index is 12.6. The maximum Gasteiger partial charge on any atom is 0.317 e. The number of amides is 3. The predicted molar refractivity (Wildman–Crippen MR) is 133 cm³/mol. The van der Waals surface area contributed by atoms with Gasteiger partial charge in [-0.3, -0.25) is 14.5 Å².